The van der Waals surface area contributed by atoms with Crippen LogP contribution in [0.5, 0.6) is 5.75 Å². The highest BCUT2D eigenvalue weighted by atomic mass is 16.5. The van der Waals surface area contributed by atoms with Gasteiger partial charge in [0.05, 0.1) is 6.54 Å². The van der Waals surface area contributed by atoms with Crippen LogP contribution in [0.3, 0.4) is 0 Å². The number of nitrogens with one attached hydrogen (secondary N) is 2. The summed E-state index contributed by atoms with van der Waals surface area (Å²) in [6.07, 6.45) is -0.895. The number of hydrogen-bond donors (Lipinski definition) is 3. The van der Waals surface area contributed by atoms with Crippen LogP contribution in [0.15, 0.2) is 33.9 Å². The first kappa shape index (κ1) is 23.6. The van der Waals surface area contributed by atoms with Crippen molar-refractivity contribution in [2.75, 3.05) is 38.1 Å². The number of nitrogens with zero attached hydrogens (tertiary/aromatic N) is 4. The third-order valence-electron chi connectivity index (χ3n) is 5.47. The molecule has 1 aromatic carbocycles. The van der Waals surface area contributed by atoms with Gasteiger partial charge < -0.3 is 24.6 Å². The van der Waals surface area contributed by atoms with E-state index in [9.17, 15) is 14.7 Å². The van der Waals surface area contributed by atoms with Crippen LogP contribution >= 0.6 is 0 Å². The number of rotatable bonds is 11. The number of fused-ring (bicyclic) bond motifs is 1. The number of aliphatic hydroxyl groups is 1. The Morgan fingerprint density at radius 1 is 1.22 bits per heavy atom. The van der Waals surface area contributed by atoms with Gasteiger partial charge in [0.25, 0.3) is 5.56 Å². The fourth-order valence-corrected chi connectivity index (χ4v) is 3.50. The molecule has 1 atom stereocenters. The van der Waals surface area contributed by atoms with Gasteiger partial charge in [-0.3, -0.25) is 14.3 Å². The number of hydrogen-bond acceptors (Lipinski definition) is 7. The maximum atomic E-state index is 12.6. The van der Waals surface area contributed by atoms with E-state index in [1.807, 2.05) is 31.2 Å². The molecule has 3 rings (SSSR count). The van der Waals surface area contributed by atoms with Crippen molar-refractivity contribution in [1.29, 1.82) is 0 Å². The van der Waals surface area contributed by atoms with Crippen LogP contribution in [0.25, 0.3) is 11.2 Å². The summed E-state index contributed by atoms with van der Waals surface area (Å²) in [6, 6.07) is 7.55. The van der Waals surface area contributed by atoms with E-state index in [4.69, 9.17) is 4.74 Å². The van der Waals surface area contributed by atoms with Crippen LogP contribution < -0.4 is 21.3 Å². The van der Waals surface area contributed by atoms with Gasteiger partial charge in [0, 0.05) is 20.1 Å². The average molecular weight is 445 g/mol. The number of aromatic nitrogens is 4. The van der Waals surface area contributed by atoms with Crippen molar-refractivity contribution < 1.29 is 9.84 Å². The Morgan fingerprint density at radius 3 is 2.56 bits per heavy atom. The van der Waals surface area contributed by atoms with Crippen LogP contribution in [0.4, 0.5) is 5.95 Å². The summed E-state index contributed by atoms with van der Waals surface area (Å²) in [6.45, 7) is 9.56. The smallest absolute Gasteiger partial charge is 0.329 e. The molecule has 0 amide bonds. The SMILES string of the molecule is CCN(CC)CCNc1nc2c(c(=O)[nH]c(=O)n2C)n1C[C@@H](O)COc1ccc(C)cc1. The first-order valence-corrected chi connectivity index (χ1v) is 10.9. The first-order valence-electron chi connectivity index (χ1n) is 10.9. The van der Waals surface area contributed by atoms with E-state index < -0.39 is 17.4 Å². The van der Waals surface area contributed by atoms with Gasteiger partial charge in [-0.25, -0.2) is 4.79 Å². The summed E-state index contributed by atoms with van der Waals surface area (Å²) in [5.74, 6) is 1.08. The molecule has 3 N–H and O–H groups in total. The summed E-state index contributed by atoms with van der Waals surface area (Å²) >= 11 is 0. The Labute approximate surface area is 186 Å². The lowest BCUT2D eigenvalue weighted by Gasteiger charge is -2.19. The molecule has 2 heterocycles. The molecule has 0 bridgehead atoms. The lowest BCUT2D eigenvalue weighted by molar-refractivity contribution is 0.0938. The molecule has 0 fully saturated rings. The minimum absolute atomic E-state index is 0.0469. The number of benzene rings is 1. The van der Waals surface area contributed by atoms with Crippen molar-refractivity contribution in [2.24, 2.45) is 7.05 Å². The van der Waals surface area contributed by atoms with Crippen LogP contribution in [0, 0.1) is 6.92 Å². The summed E-state index contributed by atoms with van der Waals surface area (Å²) in [7, 11) is 1.55. The zero-order chi connectivity index (χ0) is 23.3. The Balaban J connectivity index is 1.83. The van der Waals surface area contributed by atoms with Gasteiger partial charge in [0.2, 0.25) is 5.95 Å². The molecular formula is C22H32N6O4. The highest BCUT2D eigenvalue weighted by Crippen LogP contribution is 2.17. The number of imidazole rings is 1. The van der Waals surface area contributed by atoms with Crippen molar-refractivity contribution in [3.8, 4) is 5.75 Å². The molecule has 0 spiro atoms. The van der Waals surface area contributed by atoms with Crippen molar-refractivity contribution in [3.05, 3.63) is 50.7 Å². The fourth-order valence-electron chi connectivity index (χ4n) is 3.50. The lowest BCUT2D eigenvalue weighted by Crippen LogP contribution is -2.31. The van der Waals surface area contributed by atoms with Gasteiger partial charge in [-0.2, -0.15) is 4.98 Å². The van der Waals surface area contributed by atoms with E-state index in [0.717, 1.165) is 25.2 Å². The molecule has 0 unspecified atom stereocenters. The second kappa shape index (κ2) is 10.5. The molecule has 0 saturated carbocycles. The molecule has 3 aromatic rings. The Morgan fingerprint density at radius 2 is 1.91 bits per heavy atom. The minimum Gasteiger partial charge on any atom is -0.491 e. The number of aliphatic hydroxyl groups excluding tert-OH is 1. The number of aryl methyl sites for hydroxylation is 2. The average Bonchev–Trinajstić information content (AvgIpc) is 3.13. The molecule has 10 nitrogen and oxygen atoms in total. The topological polar surface area (TPSA) is 117 Å². The molecule has 0 aliphatic rings. The van der Waals surface area contributed by atoms with Crippen LogP contribution in [0.2, 0.25) is 0 Å². The number of likely N-dealkylation sites (N-methyl/N-ethyl adjacent to an activating group) is 1. The molecule has 32 heavy (non-hydrogen) atoms. The number of H-pyrrole nitrogens is 1. The van der Waals surface area contributed by atoms with Crippen LogP contribution in [0.1, 0.15) is 19.4 Å². The molecule has 0 saturated heterocycles. The van der Waals surface area contributed by atoms with Gasteiger partial charge in [-0.1, -0.05) is 31.5 Å². The van der Waals surface area contributed by atoms with E-state index in [1.165, 1.54) is 4.57 Å². The quantitative estimate of drug-likeness (QED) is 0.403. The number of anilines is 1. The van der Waals surface area contributed by atoms with Gasteiger partial charge in [0.15, 0.2) is 11.2 Å². The maximum absolute atomic E-state index is 12.6. The first-order chi connectivity index (χ1) is 15.3. The standard InChI is InChI=1S/C22H32N6O4/c1-5-27(6-2)12-11-23-21-24-19-18(20(30)25-22(31)26(19)4)28(21)13-16(29)14-32-17-9-7-15(3)8-10-17/h7-10,16,29H,5-6,11-14H2,1-4H3,(H,23,24)(H,25,30,31)/t16-/m1/s1. The Kier molecular flexibility index (Phi) is 7.70. The van der Waals surface area contributed by atoms with Gasteiger partial charge in [-0.05, 0) is 32.1 Å². The molecule has 0 aliphatic carbocycles. The molecule has 0 aliphatic heterocycles. The van der Waals surface area contributed by atoms with Gasteiger partial charge in [-0.15, -0.1) is 0 Å². The summed E-state index contributed by atoms with van der Waals surface area (Å²) in [4.78, 5) is 33.6. The number of ether oxygens (including phenoxy) is 1. The predicted molar refractivity (Wildman–Crippen MR) is 125 cm³/mol. The lowest BCUT2D eigenvalue weighted by atomic mass is 10.2. The maximum Gasteiger partial charge on any atom is 0.329 e. The molecular weight excluding hydrogens is 412 g/mol. The highest BCUT2D eigenvalue weighted by Gasteiger charge is 2.20. The normalized spacial score (nSPS) is 12.4. The molecule has 2 aromatic heterocycles. The largest absolute Gasteiger partial charge is 0.491 e. The Bertz CT molecular complexity index is 1140. The fraction of sp³-hybridized carbons (Fsp3) is 0.500. The second-order valence-electron chi connectivity index (χ2n) is 7.77. The third-order valence-corrected chi connectivity index (χ3v) is 5.47. The molecule has 0 radical (unpaired) electrons. The monoisotopic (exact) mass is 444 g/mol. The summed E-state index contributed by atoms with van der Waals surface area (Å²) in [5.41, 5.74) is 0.528. The van der Waals surface area contributed by atoms with Gasteiger partial charge >= 0.3 is 5.69 Å². The van der Waals surface area contributed by atoms with Crippen molar-refractivity contribution >= 4 is 17.1 Å². The summed E-state index contributed by atoms with van der Waals surface area (Å²) < 4.78 is 8.59. The van der Waals surface area contributed by atoms with Crippen molar-refractivity contribution in [2.45, 2.75) is 33.4 Å². The molecule has 174 valence electrons. The van der Waals surface area contributed by atoms with E-state index in [-0.39, 0.29) is 24.3 Å². The predicted octanol–water partition coefficient (Wildman–Crippen LogP) is 0.925. The molecule has 10 heteroatoms. The zero-order valence-corrected chi connectivity index (χ0v) is 19.1. The van der Waals surface area contributed by atoms with Crippen molar-refractivity contribution in [3.63, 3.8) is 0 Å². The van der Waals surface area contributed by atoms with Gasteiger partial charge in [0.1, 0.15) is 18.5 Å². The van der Waals surface area contributed by atoms with Crippen LogP contribution in [-0.4, -0.2) is 68.0 Å². The number of aromatic amines is 1. The second-order valence-corrected chi connectivity index (χ2v) is 7.77. The van der Waals surface area contributed by atoms with E-state index in [1.54, 1.807) is 11.6 Å². The Hall–Kier alpha value is -3.11. The summed E-state index contributed by atoms with van der Waals surface area (Å²) in [5, 5.41) is 13.9. The van der Waals surface area contributed by atoms with Crippen molar-refractivity contribution in [1.82, 2.24) is 24.0 Å². The van der Waals surface area contributed by atoms with E-state index in [0.29, 0.717) is 18.2 Å². The third kappa shape index (κ3) is 5.38. The van der Waals surface area contributed by atoms with E-state index >= 15 is 0 Å². The highest BCUT2D eigenvalue weighted by molar-refractivity contribution is 5.74. The van der Waals surface area contributed by atoms with Crippen LogP contribution in [-0.2, 0) is 13.6 Å². The minimum atomic E-state index is -0.895. The zero-order valence-electron chi connectivity index (χ0n) is 19.1. The van der Waals surface area contributed by atoms with E-state index in [2.05, 4.69) is 34.0 Å².